The van der Waals surface area contributed by atoms with Gasteiger partial charge in [-0.05, 0) is 0 Å². The minimum Gasteiger partial charge on any atom is -0.388 e. The molecule has 0 spiro atoms. The fourth-order valence-electron chi connectivity index (χ4n) is 1.59. The molecule has 0 aromatic heterocycles. The Labute approximate surface area is 83.6 Å². The highest BCUT2D eigenvalue weighted by Crippen LogP contribution is 2.22. The summed E-state index contributed by atoms with van der Waals surface area (Å²) in [5, 5.41) is 19.3. The molecule has 14 heavy (non-hydrogen) atoms. The van der Waals surface area contributed by atoms with E-state index in [9.17, 15) is 10.2 Å². The molecule has 0 aromatic carbocycles. The third-order valence-corrected chi connectivity index (χ3v) is 2.41. The average molecular weight is 205 g/mol. The summed E-state index contributed by atoms with van der Waals surface area (Å²) >= 11 is 0. The van der Waals surface area contributed by atoms with E-state index in [1.807, 2.05) is 0 Å². The van der Waals surface area contributed by atoms with Crippen molar-refractivity contribution >= 4 is 0 Å². The third-order valence-electron chi connectivity index (χ3n) is 2.41. The maximum Gasteiger partial charge on any atom is 0.185 e. The molecule has 1 saturated heterocycles. The first-order valence-electron chi connectivity index (χ1n) is 4.48. The Morgan fingerprint density at radius 1 is 1.21 bits per heavy atom. The van der Waals surface area contributed by atoms with Gasteiger partial charge in [0.15, 0.2) is 6.29 Å². The van der Waals surface area contributed by atoms with Gasteiger partial charge in [-0.2, -0.15) is 0 Å². The fourth-order valence-corrected chi connectivity index (χ4v) is 1.59. The van der Waals surface area contributed by atoms with Crippen molar-refractivity contribution in [1.82, 2.24) is 0 Å². The van der Waals surface area contributed by atoms with E-state index in [4.69, 9.17) is 14.2 Å². The van der Waals surface area contributed by atoms with Gasteiger partial charge < -0.3 is 31.3 Å². The van der Waals surface area contributed by atoms with Crippen molar-refractivity contribution in [3.63, 3.8) is 0 Å². The van der Waals surface area contributed by atoms with E-state index in [0.717, 1.165) is 0 Å². The zero-order chi connectivity index (χ0) is 10.7. The third kappa shape index (κ3) is 2.24. The summed E-state index contributed by atoms with van der Waals surface area (Å²) in [7, 11) is 2.87. The number of aliphatic hydroxyl groups is 2. The minimum atomic E-state index is -1.11. The molecule has 1 fully saturated rings. The molecular formula is C9H17O5-. The van der Waals surface area contributed by atoms with Crippen LogP contribution in [0.15, 0.2) is 0 Å². The van der Waals surface area contributed by atoms with Crippen LogP contribution in [0.1, 0.15) is 0 Å². The van der Waals surface area contributed by atoms with Crippen molar-refractivity contribution < 1.29 is 24.4 Å². The Hall–Kier alpha value is -0.200. The largest absolute Gasteiger partial charge is 0.388 e. The van der Waals surface area contributed by atoms with Crippen LogP contribution in [0.5, 0.6) is 0 Å². The standard InChI is InChI=1S/C9H17O5/c1-5-4-14-9(13-3)7(11)6(10)8(5)12-2/h5-11H,1,4H2,2-3H3/q-1. The van der Waals surface area contributed by atoms with Crippen molar-refractivity contribution in [2.24, 2.45) is 5.92 Å². The minimum absolute atomic E-state index is 0.232. The van der Waals surface area contributed by atoms with Crippen LogP contribution < -0.4 is 0 Å². The van der Waals surface area contributed by atoms with E-state index in [0.29, 0.717) is 0 Å². The molecule has 0 amide bonds. The summed E-state index contributed by atoms with van der Waals surface area (Å²) in [5.41, 5.74) is 0. The van der Waals surface area contributed by atoms with Crippen molar-refractivity contribution in [2.75, 3.05) is 20.8 Å². The van der Waals surface area contributed by atoms with Gasteiger partial charge in [0.25, 0.3) is 0 Å². The van der Waals surface area contributed by atoms with Crippen LogP contribution >= 0.6 is 0 Å². The molecule has 0 aromatic rings. The molecule has 2 N–H and O–H groups in total. The van der Waals surface area contributed by atoms with Crippen LogP contribution in [0.4, 0.5) is 0 Å². The Kier molecular flexibility index (Phi) is 4.28. The van der Waals surface area contributed by atoms with Crippen LogP contribution in [0, 0.1) is 12.8 Å². The van der Waals surface area contributed by atoms with E-state index >= 15 is 0 Å². The second kappa shape index (κ2) is 5.04. The van der Waals surface area contributed by atoms with Gasteiger partial charge >= 0.3 is 0 Å². The molecule has 1 aliphatic heterocycles. The molecule has 1 heterocycles. The SMILES string of the molecule is [CH2-]C1COC(OC)C(O)C(O)C1OC. The van der Waals surface area contributed by atoms with Gasteiger partial charge in [-0.3, -0.25) is 0 Å². The average Bonchev–Trinajstić information content (AvgIpc) is 2.27. The molecule has 1 rings (SSSR count). The van der Waals surface area contributed by atoms with Crippen LogP contribution in [0.3, 0.4) is 0 Å². The van der Waals surface area contributed by atoms with E-state index in [2.05, 4.69) is 6.92 Å². The molecule has 84 valence electrons. The van der Waals surface area contributed by atoms with Crippen molar-refractivity contribution in [2.45, 2.75) is 24.6 Å². The summed E-state index contributed by atoms with van der Waals surface area (Å²) in [4.78, 5) is 0. The Morgan fingerprint density at radius 2 is 1.86 bits per heavy atom. The smallest absolute Gasteiger partial charge is 0.185 e. The monoisotopic (exact) mass is 205 g/mol. The van der Waals surface area contributed by atoms with Gasteiger partial charge in [0.05, 0.1) is 6.10 Å². The van der Waals surface area contributed by atoms with E-state index in [1.165, 1.54) is 14.2 Å². The van der Waals surface area contributed by atoms with Gasteiger partial charge in [0, 0.05) is 20.8 Å². The van der Waals surface area contributed by atoms with Crippen LogP contribution in [-0.4, -0.2) is 55.6 Å². The zero-order valence-corrected chi connectivity index (χ0v) is 8.42. The van der Waals surface area contributed by atoms with Gasteiger partial charge in [-0.25, -0.2) is 0 Å². The van der Waals surface area contributed by atoms with Crippen molar-refractivity contribution in [3.05, 3.63) is 6.92 Å². The summed E-state index contributed by atoms with van der Waals surface area (Å²) in [5.74, 6) is -0.232. The fraction of sp³-hybridized carbons (Fsp3) is 0.889. The summed E-state index contributed by atoms with van der Waals surface area (Å²) in [6, 6.07) is 0. The summed E-state index contributed by atoms with van der Waals surface area (Å²) in [6.45, 7) is 4.07. The molecule has 5 atom stereocenters. The molecule has 1 aliphatic rings. The maximum atomic E-state index is 9.71. The van der Waals surface area contributed by atoms with Gasteiger partial charge in [-0.1, -0.05) is 0 Å². The molecule has 5 unspecified atom stereocenters. The first kappa shape index (κ1) is 11.9. The molecule has 5 nitrogen and oxygen atoms in total. The first-order valence-corrected chi connectivity index (χ1v) is 4.48. The van der Waals surface area contributed by atoms with E-state index in [-0.39, 0.29) is 12.5 Å². The molecular weight excluding hydrogens is 188 g/mol. The highest BCUT2D eigenvalue weighted by Gasteiger charge is 2.37. The Morgan fingerprint density at radius 3 is 2.36 bits per heavy atom. The lowest BCUT2D eigenvalue weighted by Gasteiger charge is -2.29. The lowest BCUT2D eigenvalue weighted by molar-refractivity contribution is -0.196. The number of hydrogen-bond donors (Lipinski definition) is 2. The van der Waals surface area contributed by atoms with Crippen LogP contribution in [0.25, 0.3) is 0 Å². The molecule has 0 bridgehead atoms. The second-order valence-electron chi connectivity index (χ2n) is 3.38. The quantitative estimate of drug-likeness (QED) is 0.576. The Balaban J connectivity index is 2.73. The zero-order valence-electron chi connectivity index (χ0n) is 8.42. The summed E-state index contributed by atoms with van der Waals surface area (Å²) < 4.78 is 15.1. The first-order chi connectivity index (χ1) is 6.61. The van der Waals surface area contributed by atoms with Crippen LogP contribution in [0.2, 0.25) is 0 Å². The number of ether oxygens (including phenoxy) is 3. The Bertz CT molecular complexity index is 175. The van der Waals surface area contributed by atoms with Crippen molar-refractivity contribution in [3.8, 4) is 0 Å². The van der Waals surface area contributed by atoms with Gasteiger partial charge in [0.1, 0.15) is 12.2 Å². The topological polar surface area (TPSA) is 68.2 Å². The molecule has 0 radical (unpaired) electrons. The highest BCUT2D eigenvalue weighted by molar-refractivity contribution is 4.88. The highest BCUT2D eigenvalue weighted by atomic mass is 16.7. The predicted octanol–water partition coefficient (Wildman–Crippen LogP) is -0.824. The van der Waals surface area contributed by atoms with Crippen LogP contribution in [-0.2, 0) is 14.2 Å². The van der Waals surface area contributed by atoms with E-state index < -0.39 is 24.6 Å². The lowest BCUT2D eigenvalue weighted by Crippen LogP contribution is -2.45. The lowest BCUT2D eigenvalue weighted by atomic mass is 9.98. The normalized spacial score (nSPS) is 44.8. The molecule has 0 aliphatic carbocycles. The number of aliphatic hydroxyl groups excluding tert-OH is 2. The second-order valence-corrected chi connectivity index (χ2v) is 3.38. The number of hydrogen-bond acceptors (Lipinski definition) is 5. The number of rotatable bonds is 2. The van der Waals surface area contributed by atoms with E-state index in [1.54, 1.807) is 0 Å². The summed E-state index contributed by atoms with van der Waals surface area (Å²) in [6.07, 6.45) is -3.52. The van der Waals surface area contributed by atoms with Gasteiger partial charge in [-0.15, -0.1) is 5.92 Å². The number of methoxy groups -OCH3 is 2. The molecule has 0 saturated carbocycles. The maximum absolute atomic E-state index is 9.71. The molecule has 5 heteroatoms. The predicted molar refractivity (Wildman–Crippen MR) is 48.4 cm³/mol. The van der Waals surface area contributed by atoms with Crippen molar-refractivity contribution in [1.29, 1.82) is 0 Å². The van der Waals surface area contributed by atoms with Gasteiger partial charge in [0.2, 0.25) is 0 Å².